The summed E-state index contributed by atoms with van der Waals surface area (Å²) in [7, 11) is 0. The van der Waals surface area contributed by atoms with Crippen LogP contribution in [-0.2, 0) is 4.79 Å². The molecule has 142 valence electrons. The van der Waals surface area contributed by atoms with E-state index < -0.39 is 6.10 Å². The lowest BCUT2D eigenvalue weighted by atomic mass is 9.75. The number of hydrogen-bond donors (Lipinski definition) is 2. The van der Waals surface area contributed by atoms with Crippen molar-refractivity contribution in [2.45, 2.75) is 58.1 Å². The van der Waals surface area contributed by atoms with Crippen LogP contribution in [0.5, 0.6) is 0 Å². The lowest BCUT2D eigenvalue weighted by Gasteiger charge is -2.35. The van der Waals surface area contributed by atoms with Crippen molar-refractivity contribution >= 4 is 16.9 Å². The molecular formula is C21H26N4O2. The van der Waals surface area contributed by atoms with Crippen molar-refractivity contribution in [3.8, 4) is 6.07 Å². The molecule has 1 aromatic heterocycles. The van der Waals surface area contributed by atoms with E-state index in [-0.39, 0.29) is 23.8 Å². The van der Waals surface area contributed by atoms with E-state index in [1.807, 2.05) is 26.0 Å². The van der Waals surface area contributed by atoms with Crippen LogP contribution >= 0.6 is 0 Å². The third-order valence-corrected chi connectivity index (χ3v) is 5.41. The molecule has 1 aliphatic carbocycles. The van der Waals surface area contributed by atoms with Gasteiger partial charge in [0.15, 0.2) is 0 Å². The SMILES string of the molecule is CC(C)[C@H](O)C(=O)N[C@H]1C[C@@H](C)C[C@H](c2ccc(C#N)c3nccnc23)C1. The number of aromatic nitrogens is 2. The van der Waals surface area contributed by atoms with Crippen LogP contribution in [0.25, 0.3) is 11.0 Å². The smallest absolute Gasteiger partial charge is 0.249 e. The van der Waals surface area contributed by atoms with E-state index in [0.717, 1.165) is 30.3 Å². The molecule has 0 bridgehead atoms. The van der Waals surface area contributed by atoms with Gasteiger partial charge in [-0.3, -0.25) is 14.8 Å². The normalized spacial score (nSPS) is 23.8. The zero-order valence-electron chi connectivity index (χ0n) is 16.0. The minimum atomic E-state index is -0.984. The topological polar surface area (TPSA) is 98.9 Å². The molecule has 0 spiro atoms. The molecule has 0 radical (unpaired) electrons. The number of carbonyl (C=O) groups excluding carboxylic acids is 1. The molecule has 1 amide bonds. The Hall–Kier alpha value is -2.52. The minimum absolute atomic E-state index is 0.0158. The van der Waals surface area contributed by atoms with E-state index in [2.05, 4.69) is 28.3 Å². The standard InChI is InChI=1S/C21H26N4O2/c1-12(2)20(26)21(27)25-16-9-13(3)8-15(10-16)17-5-4-14(11-22)18-19(17)24-7-6-23-18/h4-7,12-13,15-16,20,26H,8-10H2,1-3H3,(H,25,27)/t13-,15-,16-,20-/m0/s1. The van der Waals surface area contributed by atoms with Gasteiger partial charge < -0.3 is 10.4 Å². The maximum Gasteiger partial charge on any atom is 0.249 e. The number of hydrogen-bond acceptors (Lipinski definition) is 5. The minimum Gasteiger partial charge on any atom is -0.383 e. The molecule has 2 N–H and O–H groups in total. The Morgan fingerprint density at radius 2 is 1.93 bits per heavy atom. The molecule has 6 nitrogen and oxygen atoms in total. The third kappa shape index (κ3) is 4.09. The lowest BCUT2D eigenvalue weighted by molar-refractivity contribution is -0.132. The monoisotopic (exact) mass is 366 g/mol. The molecule has 4 atom stereocenters. The van der Waals surface area contributed by atoms with Crippen molar-refractivity contribution in [2.75, 3.05) is 0 Å². The molecular weight excluding hydrogens is 340 g/mol. The average molecular weight is 366 g/mol. The van der Waals surface area contributed by atoms with Crippen molar-refractivity contribution in [1.82, 2.24) is 15.3 Å². The van der Waals surface area contributed by atoms with Gasteiger partial charge in [-0.2, -0.15) is 5.26 Å². The second-order valence-corrected chi connectivity index (χ2v) is 7.97. The first kappa shape index (κ1) is 19.2. The Morgan fingerprint density at radius 1 is 1.22 bits per heavy atom. The maximum absolute atomic E-state index is 12.3. The predicted octanol–water partition coefficient (Wildman–Crippen LogP) is 2.91. The highest BCUT2D eigenvalue weighted by molar-refractivity contribution is 5.84. The van der Waals surface area contributed by atoms with E-state index >= 15 is 0 Å². The first-order valence-electron chi connectivity index (χ1n) is 9.52. The molecule has 3 rings (SSSR count). The van der Waals surface area contributed by atoms with Gasteiger partial charge in [0.05, 0.1) is 11.1 Å². The molecule has 27 heavy (non-hydrogen) atoms. The van der Waals surface area contributed by atoms with Crippen molar-refractivity contribution in [3.63, 3.8) is 0 Å². The summed E-state index contributed by atoms with van der Waals surface area (Å²) in [6, 6.07) is 5.97. The summed E-state index contributed by atoms with van der Waals surface area (Å²) in [5.74, 6) is 0.252. The van der Waals surface area contributed by atoms with Crippen LogP contribution in [0.3, 0.4) is 0 Å². The molecule has 1 saturated carbocycles. The van der Waals surface area contributed by atoms with E-state index in [9.17, 15) is 15.2 Å². The third-order valence-electron chi connectivity index (χ3n) is 5.41. The molecule has 0 unspecified atom stereocenters. The fourth-order valence-corrected chi connectivity index (χ4v) is 4.06. The summed E-state index contributed by atoms with van der Waals surface area (Å²) in [5.41, 5.74) is 3.00. The summed E-state index contributed by atoms with van der Waals surface area (Å²) in [6.07, 6.45) is 4.95. The number of carbonyl (C=O) groups is 1. The highest BCUT2D eigenvalue weighted by atomic mass is 16.3. The van der Waals surface area contributed by atoms with Crippen LogP contribution in [0, 0.1) is 23.2 Å². The number of amides is 1. The number of aliphatic hydroxyl groups is 1. The van der Waals surface area contributed by atoms with Gasteiger partial charge >= 0.3 is 0 Å². The molecule has 0 aliphatic heterocycles. The van der Waals surface area contributed by atoms with Gasteiger partial charge in [0, 0.05) is 18.4 Å². The van der Waals surface area contributed by atoms with Gasteiger partial charge in [0.1, 0.15) is 17.7 Å². The Morgan fingerprint density at radius 3 is 2.59 bits per heavy atom. The second-order valence-electron chi connectivity index (χ2n) is 7.97. The Bertz CT molecular complexity index is 874. The largest absolute Gasteiger partial charge is 0.383 e. The number of nitriles is 1. The average Bonchev–Trinajstić information content (AvgIpc) is 2.65. The van der Waals surface area contributed by atoms with Crippen molar-refractivity contribution in [1.29, 1.82) is 5.26 Å². The first-order valence-corrected chi connectivity index (χ1v) is 9.52. The first-order chi connectivity index (χ1) is 12.9. The zero-order valence-corrected chi connectivity index (χ0v) is 16.0. The van der Waals surface area contributed by atoms with Gasteiger partial charge in [-0.25, -0.2) is 0 Å². The molecule has 1 aliphatic rings. The van der Waals surface area contributed by atoms with Gasteiger partial charge in [-0.15, -0.1) is 0 Å². The summed E-state index contributed by atoms with van der Waals surface area (Å²) in [5, 5.41) is 22.4. The summed E-state index contributed by atoms with van der Waals surface area (Å²) in [6.45, 7) is 5.85. The highest BCUT2D eigenvalue weighted by Crippen LogP contribution is 2.38. The molecule has 1 heterocycles. The summed E-state index contributed by atoms with van der Waals surface area (Å²) < 4.78 is 0. The zero-order chi connectivity index (χ0) is 19.6. The predicted molar refractivity (Wildman–Crippen MR) is 103 cm³/mol. The Kier molecular flexibility index (Phi) is 5.71. The molecule has 2 aromatic rings. The quantitative estimate of drug-likeness (QED) is 0.867. The molecule has 0 saturated heterocycles. The fraction of sp³-hybridized carbons (Fsp3) is 0.524. The van der Waals surface area contributed by atoms with E-state index in [1.54, 1.807) is 12.4 Å². The van der Waals surface area contributed by atoms with Crippen molar-refractivity contribution in [2.24, 2.45) is 11.8 Å². The molecule has 1 fully saturated rings. The van der Waals surface area contributed by atoms with Crippen LogP contribution < -0.4 is 5.32 Å². The summed E-state index contributed by atoms with van der Waals surface area (Å²) in [4.78, 5) is 21.1. The number of nitrogens with one attached hydrogen (secondary N) is 1. The Labute approximate surface area is 159 Å². The van der Waals surface area contributed by atoms with Gasteiger partial charge in [0.2, 0.25) is 5.91 Å². The van der Waals surface area contributed by atoms with Crippen LogP contribution in [0.4, 0.5) is 0 Å². The number of aliphatic hydroxyl groups excluding tert-OH is 1. The highest BCUT2D eigenvalue weighted by Gasteiger charge is 2.31. The van der Waals surface area contributed by atoms with Crippen LogP contribution in [0.2, 0.25) is 0 Å². The molecule has 1 aromatic carbocycles. The van der Waals surface area contributed by atoms with Crippen LogP contribution in [-0.4, -0.2) is 33.1 Å². The number of fused-ring (bicyclic) bond motifs is 1. The summed E-state index contributed by atoms with van der Waals surface area (Å²) >= 11 is 0. The van der Waals surface area contributed by atoms with Crippen LogP contribution in [0.1, 0.15) is 57.1 Å². The van der Waals surface area contributed by atoms with E-state index in [4.69, 9.17) is 0 Å². The molecule has 6 heteroatoms. The number of benzene rings is 1. The fourth-order valence-electron chi connectivity index (χ4n) is 4.06. The van der Waals surface area contributed by atoms with Crippen LogP contribution in [0.15, 0.2) is 24.5 Å². The van der Waals surface area contributed by atoms with Crippen molar-refractivity contribution < 1.29 is 9.90 Å². The maximum atomic E-state index is 12.3. The lowest BCUT2D eigenvalue weighted by Crippen LogP contribution is -2.46. The van der Waals surface area contributed by atoms with Gasteiger partial charge in [0.25, 0.3) is 0 Å². The van der Waals surface area contributed by atoms with Gasteiger partial charge in [-0.1, -0.05) is 26.8 Å². The number of rotatable bonds is 4. The number of nitrogens with zero attached hydrogens (tertiary/aromatic N) is 3. The van der Waals surface area contributed by atoms with E-state index in [0.29, 0.717) is 17.0 Å². The van der Waals surface area contributed by atoms with Gasteiger partial charge in [-0.05, 0) is 48.6 Å². The van der Waals surface area contributed by atoms with E-state index in [1.165, 1.54) is 0 Å². The second kappa shape index (κ2) is 8.01. The van der Waals surface area contributed by atoms with Crippen molar-refractivity contribution in [3.05, 3.63) is 35.7 Å². The Balaban J connectivity index is 1.86.